The van der Waals surface area contributed by atoms with Gasteiger partial charge >= 0.3 is 0 Å². The highest BCUT2D eigenvalue weighted by Crippen LogP contribution is 2.51. The lowest BCUT2D eigenvalue weighted by Gasteiger charge is -2.22. The Morgan fingerprint density at radius 1 is 1.30 bits per heavy atom. The summed E-state index contributed by atoms with van der Waals surface area (Å²) in [7, 11) is 0. The van der Waals surface area contributed by atoms with E-state index in [4.69, 9.17) is 0 Å². The molecule has 1 heteroatoms. The molecule has 4 atom stereocenters. The summed E-state index contributed by atoms with van der Waals surface area (Å²) in [5, 5.41) is 0. The van der Waals surface area contributed by atoms with Crippen molar-refractivity contribution in [2.75, 3.05) is 0 Å². The van der Waals surface area contributed by atoms with Gasteiger partial charge in [-0.05, 0) is 37.0 Å². The second-order valence-corrected chi connectivity index (χ2v) is 3.91. The summed E-state index contributed by atoms with van der Waals surface area (Å²) in [4.78, 5) is 10.6. The maximum atomic E-state index is 10.6. The van der Waals surface area contributed by atoms with Gasteiger partial charge in [0.05, 0.1) is 0 Å². The largest absolute Gasteiger partial charge is 0.303 e. The fourth-order valence-electron chi connectivity index (χ4n) is 2.86. The van der Waals surface area contributed by atoms with E-state index in [2.05, 4.69) is 6.92 Å². The van der Waals surface area contributed by atoms with E-state index in [1.165, 1.54) is 25.5 Å². The van der Waals surface area contributed by atoms with E-state index in [0.29, 0.717) is 11.8 Å². The molecule has 1 nitrogen and oxygen atoms in total. The van der Waals surface area contributed by atoms with Crippen molar-refractivity contribution in [1.82, 2.24) is 0 Å². The molecule has 0 spiro atoms. The highest BCUT2D eigenvalue weighted by molar-refractivity contribution is 5.55. The molecule has 10 heavy (non-hydrogen) atoms. The van der Waals surface area contributed by atoms with Crippen molar-refractivity contribution >= 4 is 6.29 Å². The molecule has 0 aromatic heterocycles. The zero-order valence-corrected chi connectivity index (χ0v) is 6.42. The Hall–Kier alpha value is -0.330. The summed E-state index contributed by atoms with van der Waals surface area (Å²) >= 11 is 0. The van der Waals surface area contributed by atoms with Crippen LogP contribution in [0.5, 0.6) is 0 Å². The molecular formula is C9H14O. The fourth-order valence-corrected chi connectivity index (χ4v) is 2.86. The third kappa shape index (κ3) is 0.664. The van der Waals surface area contributed by atoms with Gasteiger partial charge in [-0.25, -0.2) is 0 Å². The molecule has 0 heterocycles. The lowest BCUT2D eigenvalue weighted by molar-refractivity contribution is -0.113. The third-order valence-corrected chi connectivity index (χ3v) is 3.57. The normalized spacial score (nSPS) is 51.7. The molecule has 2 bridgehead atoms. The summed E-state index contributed by atoms with van der Waals surface area (Å²) in [5.41, 5.74) is 0. The van der Waals surface area contributed by atoms with Gasteiger partial charge in [0.15, 0.2) is 0 Å². The van der Waals surface area contributed by atoms with Crippen molar-refractivity contribution in [3.63, 3.8) is 0 Å². The summed E-state index contributed by atoms with van der Waals surface area (Å²) in [6.45, 7) is 2.24. The number of hydrogen-bond acceptors (Lipinski definition) is 1. The maximum Gasteiger partial charge on any atom is 0.123 e. The minimum absolute atomic E-state index is 0.416. The molecule has 0 saturated heterocycles. The van der Waals surface area contributed by atoms with Crippen molar-refractivity contribution in [3.8, 4) is 0 Å². The summed E-state index contributed by atoms with van der Waals surface area (Å²) in [5.74, 6) is 2.76. The van der Waals surface area contributed by atoms with Gasteiger partial charge in [-0.3, -0.25) is 0 Å². The predicted molar refractivity (Wildman–Crippen MR) is 39.5 cm³/mol. The molecule has 2 rings (SSSR count). The van der Waals surface area contributed by atoms with Crippen LogP contribution < -0.4 is 0 Å². The van der Waals surface area contributed by atoms with E-state index in [1.54, 1.807) is 0 Å². The topological polar surface area (TPSA) is 17.1 Å². The van der Waals surface area contributed by atoms with E-state index >= 15 is 0 Å². The molecule has 0 aromatic carbocycles. The Morgan fingerprint density at radius 3 is 2.40 bits per heavy atom. The van der Waals surface area contributed by atoms with Crippen molar-refractivity contribution in [2.45, 2.75) is 26.2 Å². The third-order valence-electron chi connectivity index (χ3n) is 3.57. The molecule has 0 N–H and O–H groups in total. The molecule has 2 saturated carbocycles. The standard InChI is InChI=1S/C9H14O/c1-6-7-2-3-8(4-7)9(6)5-10/h5-9H,2-4H2,1H3/t6-,7+,8+,9+/m1/s1. The zero-order valence-electron chi connectivity index (χ0n) is 6.42. The summed E-state index contributed by atoms with van der Waals surface area (Å²) < 4.78 is 0. The van der Waals surface area contributed by atoms with Crippen LogP contribution in [-0.4, -0.2) is 6.29 Å². The number of hydrogen-bond donors (Lipinski definition) is 0. The first-order chi connectivity index (χ1) is 4.83. The van der Waals surface area contributed by atoms with Crippen LogP contribution in [0.15, 0.2) is 0 Å². The van der Waals surface area contributed by atoms with Crippen molar-refractivity contribution in [1.29, 1.82) is 0 Å². The first-order valence-corrected chi connectivity index (χ1v) is 4.28. The van der Waals surface area contributed by atoms with E-state index in [-0.39, 0.29) is 0 Å². The van der Waals surface area contributed by atoms with Crippen LogP contribution in [0.25, 0.3) is 0 Å². The Labute approximate surface area is 61.8 Å². The van der Waals surface area contributed by atoms with E-state index in [1.807, 2.05) is 0 Å². The molecule has 2 aliphatic rings. The van der Waals surface area contributed by atoms with Crippen molar-refractivity contribution in [2.24, 2.45) is 23.7 Å². The Balaban J connectivity index is 2.16. The monoisotopic (exact) mass is 138 g/mol. The average molecular weight is 138 g/mol. The van der Waals surface area contributed by atoms with Gasteiger partial charge in [-0.15, -0.1) is 0 Å². The number of rotatable bonds is 1. The first-order valence-electron chi connectivity index (χ1n) is 4.28. The lowest BCUT2D eigenvalue weighted by atomic mass is 9.81. The Bertz CT molecular complexity index is 151. The quantitative estimate of drug-likeness (QED) is 0.505. The number of carbonyl (C=O) groups is 1. The van der Waals surface area contributed by atoms with Crippen LogP contribution in [0, 0.1) is 23.7 Å². The minimum Gasteiger partial charge on any atom is -0.303 e. The van der Waals surface area contributed by atoms with Gasteiger partial charge in [-0.2, -0.15) is 0 Å². The van der Waals surface area contributed by atoms with Gasteiger partial charge in [0, 0.05) is 5.92 Å². The van der Waals surface area contributed by atoms with Crippen LogP contribution in [0.1, 0.15) is 26.2 Å². The second kappa shape index (κ2) is 2.08. The lowest BCUT2D eigenvalue weighted by Crippen LogP contribution is -2.20. The van der Waals surface area contributed by atoms with Gasteiger partial charge in [-0.1, -0.05) is 6.92 Å². The van der Waals surface area contributed by atoms with E-state index < -0.39 is 0 Å². The number of fused-ring (bicyclic) bond motifs is 2. The number of carbonyl (C=O) groups excluding carboxylic acids is 1. The average Bonchev–Trinajstić information content (AvgIpc) is 2.46. The van der Waals surface area contributed by atoms with Crippen molar-refractivity contribution in [3.05, 3.63) is 0 Å². The molecular weight excluding hydrogens is 124 g/mol. The molecule has 0 radical (unpaired) electrons. The Morgan fingerprint density at radius 2 is 2.00 bits per heavy atom. The number of aldehydes is 1. The fraction of sp³-hybridized carbons (Fsp3) is 0.889. The molecule has 2 fully saturated rings. The molecule has 0 amide bonds. The molecule has 56 valence electrons. The summed E-state index contributed by atoms with van der Waals surface area (Å²) in [6, 6.07) is 0. The summed E-state index contributed by atoms with van der Waals surface area (Å²) in [6.07, 6.45) is 5.23. The van der Waals surface area contributed by atoms with E-state index in [9.17, 15) is 4.79 Å². The SMILES string of the molecule is C[C@@H]1[C@H]2CC[C@@H](C2)[C@H]1C=O. The Kier molecular flexibility index (Phi) is 1.33. The van der Waals surface area contributed by atoms with Crippen LogP contribution in [-0.2, 0) is 4.79 Å². The van der Waals surface area contributed by atoms with Crippen LogP contribution >= 0.6 is 0 Å². The van der Waals surface area contributed by atoms with E-state index in [0.717, 1.165) is 11.8 Å². The smallest absolute Gasteiger partial charge is 0.123 e. The zero-order chi connectivity index (χ0) is 7.14. The van der Waals surface area contributed by atoms with Crippen LogP contribution in [0.3, 0.4) is 0 Å². The highest BCUT2D eigenvalue weighted by atomic mass is 16.1. The van der Waals surface area contributed by atoms with Gasteiger partial charge in [0.2, 0.25) is 0 Å². The molecule has 2 aliphatic carbocycles. The van der Waals surface area contributed by atoms with Gasteiger partial charge in [0.1, 0.15) is 6.29 Å². The van der Waals surface area contributed by atoms with Gasteiger partial charge < -0.3 is 4.79 Å². The maximum absolute atomic E-state index is 10.6. The predicted octanol–water partition coefficient (Wildman–Crippen LogP) is 1.87. The first kappa shape index (κ1) is 6.38. The van der Waals surface area contributed by atoms with Crippen LogP contribution in [0.4, 0.5) is 0 Å². The van der Waals surface area contributed by atoms with Gasteiger partial charge in [0.25, 0.3) is 0 Å². The highest BCUT2D eigenvalue weighted by Gasteiger charge is 2.44. The minimum atomic E-state index is 0.416. The van der Waals surface area contributed by atoms with Crippen molar-refractivity contribution < 1.29 is 4.79 Å². The molecule has 0 unspecified atom stereocenters. The molecule has 0 aliphatic heterocycles. The van der Waals surface area contributed by atoms with Crippen LogP contribution in [0.2, 0.25) is 0 Å². The second-order valence-electron chi connectivity index (χ2n) is 3.91. The molecule has 0 aromatic rings.